The van der Waals surface area contributed by atoms with Crippen molar-refractivity contribution in [1.82, 2.24) is 0 Å². The second-order valence-electron chi connectivity index (χ2n) is 4.42. The zero-order chi connectivity index (χ0) is 14.0. The molecule has 2 rings (SSSR count). The first-order valence-corrected chi connectivity index (χ1v) is 7.52. The quantitative estimate of drug-likeness (QED) is 0.891. The van der Waals surface area contributed by atoms with Gasteiger partial charge in [0.05, 0.1) is 0 Å². The first-order chi connectivity index (χ1) is 8.97. The van der Waals surface area contributed by atoms with Crippen LogP contribution in [0.2, 0.25) is 0 Å². The zero-order valence-corrected chi connectivity index (χ0v) is 13.1. The summed E-state index contributed by atoms with van der Waals surface area (Å²) in [6.07, 6.45) is -0.345. The molecule has 1 aromatic carbocycles. The molecule has 0 amide bonds. The van der Waals surface area contributed by atoms with Crippen LogP contribution in [0, 0.1) is 12.7 Å². The van der Waals surface area contributed by atoms with E-state index in [4.69, 9.17) is 10.5 Å². The predicted molar refractivity (Wildman–Crippen MR) is 80.2 cm³/mol. The number of aryl methyl sites for hydroxylation is 1. The van der Waals surface area contributed by atoms with Gasteiger partial charge < -0.3 is 10.5 Å². The van der Waals surface area contributed by atoms with E-state index in [1.807, 2.05) is 26.0 Å². The number of ether oxygens (including phenoxy) is 1. The number of thiophene rings is 1. The second kappa shape index (κ2) is 6.03. The summed E-state index contributed by atoms with van der Waals surface area (Å²) in [6.45, 7) is 3.88. The average Bonchev–Trinajstić information content (AvgIpc) is 2.76. The van der Waals surface area contributed by atoms with Gasteiger partial charge in [-0.15, -0.1) is 11.3 Å². The molecular weight excluding hydrogens is 329 g/mol. The van der Waals surface area contributed by atoms with Crippen LogP contribution >= 0.6 is 27.3 Å². The number of rotatable bonds is 4. The van der Waals surface area contributed by atoms with Gasteiger partial charge in [-0.1, -0.05) is 15.9 Å². The van der Waals surface area contributed by atoms with E-state index in [2.05, 4.69) is 15.9 Å². The third-order valence-electron chi connectivity index (χ3n) is 2.67. The summed E-state index contributed by atoms with van der Waals surface area (Å²) in [6, 6.07) is 8.39. The molecule has 1 heterocycles. The molecule has 2 atom stereocenters. The van der Waals surface area contributed by atoms with Crippen LogP contribution in [0.15, 0.2) is 34.8 Å². The number of halogens is 2. The van der Waals surface area contributed by atoms with Gasteiger partial charge >= 0.3 is 0 Å². The van der Waals surface area contributed by atoms with Crippen LogP contribution in [-0.2, 0) is 0 Å². The van der Waals surface area contributed by atoms with Crippen LogP contribution in [0.5, 0.6) is 5.75 Å². The van der Waals surface area contributed by atoms with Gasteiger partial charge in [-0.2, -0.15) is 0 Å². The standard InChI is InChI=1S/C14H15BrFNOS/c1-8-3-6-13(19-8)14(9(2)17)18-12-7-10(15)4-5-11(12)16/h3-7,9,14H,17H2,1-2H3. The van der Waals surface area contributed by atoms with Crippen molar-refractivity contribution in [1.29, 1.82) is 0 Å². The molecule has 2 nitrogen and oxygen atoms in total. The first kappa shape index (κ1) is 14.5. The minimum Gasteiger partial charge on any atom is -0.480 e. The highest BCUT2D eigenvalue weighted by Gasteiger charge is 2.21. The fourth-order valence-corrected chi connectivity index (χ4v) is 3.10. The Morgan fingerprint density at radius 2 is 2.05 bits per heavy atom. The maximum Gasteiger partial charge on any atom is 0.165 e. The Balaban J connectivity index is 2.29. The topological polar surface area (TPSA) is 35.2 Å². The van der Waals surface area contributed by atoms with Crippen molar-refractivity contribution in [2.45, 2.75) is 26.0 Å². The molecule has 0 aliphatic rings. The van der Waals surface area contributed by atoms with Gasteiger partial charge in [0.25, 0.3) is 0 Å². The minimum atomic E-state index is -0.387. The molecule has 0 saturated carbocycles. The van der Waals surface area contributed by atoms with Crippen LogP contribution in [0.25, 0.3) is 0 Å². The highest BCUT2D eigenvalue weighted by atomic mass is 79.9. The Morgan fingerprint density at radius 3 is 2.63 bits per heavy atom. The van der Waals surface area contributed by atoms with Gasteiger partial charge in [0.15, 0.2) is 11.6 Å². The Hall–Kier alpha value is -0.910. The summed E-state index contributed by atoms with van der Waals surface area (Å²) < 4.78 is 20.3. The van der Waals surface area contributed by atoms with Crippen LogP contribution in [0.3, 0.4) is 0 Å². The minimum absolute atomic E-state index is 0.211. The molecule has 0 bridgehead atoms. The van der Waals surface area contributed by atoms with E-state index in [0.717, 1.165) is 9.35 Å². The summed E-state index contributed by atoms with van der Waals surface area (Å²) in [5.41, 5.74) is 5.96. The van der Waals surface area contributed by atoms with Crippen molar-refractivity contribution < 1.29 is 9.13 Å². The van der Waals surface area contributed by atoms with Gasteiger partial charge in [0.2, 0.25) is 0 Å². The van der Waals surface area contributed by atoms with E-state index in [0.29, 0.717) is 0 Å². The summed E-state index contributed by atoms with van der Waals surface area (Å²) in [5.74, 6) is -0.176. The van der Waals surface area contributed by atoms with Crippen molar-refractivity contribution >= 4 is 27.3 Å². The smallest absolute Gasteiger partial charge is 0.165 e. The molecule has 2 aromatic rings. The average molecular weight is 344 g/mol. The monoisotopic (exact) mass is 343 g/mol. The number of nitrogens with two attached hydrogens (primary N) is 1. The summed E-state index contributed by atoms with van der Waals surface area (Å²) in [7, 11) is 0. The third-order valence-corrected chi connectivity index (χ3v) is 4.22. The summed E-state index contributed by atoms with van der Waals surface area (Å²) >= 11 is 4.92. The van der Waals surface area contributed by atoms with E-state index >= 15 is 0 Å². The highest BCUT2D eigenvalue weighted by Crippen LogP contribution is 2.32. The molecule has 2 N–H and O–H groups in total. The van der Waals surface area contributed by atoms with E-state index < -0.39 is 0 Å². The predicted octanol–water partition coefficient (Wildman–Crippen LogP) is 4.43. The Kier molecular flexibility index (Phi) is 4.60. The molecule has 0 aliphatic carbocycles. The number of benzene rings is 1. The highest BCUT2D eigenvalue weighted by molar-refractivity contribution is 9.10. The molecule has 5 heteroatoms. The molecule has 0 spiro atoms. The number of hydrogen-bond acceptors (Lipinski definition) is 3. The molecule has 0 fully saturated rings. The normalized spacial score (nSPS) is 14.2. The zero-order valence-electron chi connectivity index (χ0n) is 10.7. The molecule has 2 unspecified atom stereocenters. The van der Waals surface area contributed by atoms with Crippen LogP contribution < -0.4 is 10.5 Å². The van der Waals surface area contributed by atoms with Gasteiger partial charge in [-0.3, -0.25) is 0 Å². The summed E-state index contributed by atoms with van der Waals surface area (Å²) in [4.78, 5) is 2.19. The van der Waals surface area contributed by atoms with Crippen molar-refractivity contribution in [2.75, 3.05) is 0 Å². The fraction of sp³-hybridized carbons (Fsp3) is 0.286. The van der Waals surface area contributed by atoms with Crippen molar-refractivity contribution in [2.24, 2.45) is 5.73 Å². The molecule has 0 radical (unpaired) electrons. The lowest BCUT2D eigenvalue weighted by Gasteiger charge is -2.21. The molecule has 0 saturated heterocycles. The van der Waals surface area contributed by atoms with Gasteiger partial charge in [0, 0.05) is 20.3 Å². The molecule has 1 aromatic heterocycles. The molecule has 19 heavy (non-hydrogen) atoms. The molecular formula is C14H15BrFNOS. The van der Waals surface area contributed by atoms with E-state index in [1.165, 1.54) is 10.9 Å². The van der Waals surface area contributed by atoms with Crippen LogP contribution in [0.4, 0.5) is 4.39 Å². The SMILES string of the molecule is Cc1ccc(C(Oc2cc(Br)ccc2F)C(C)N)s1. The third kappa shape index (κ3) is 3.55. The van der Waals surface area contributed by atoms with E-state index in [-0.39, 0.29) is 23.7 Å². The Bertz CT molecular complexity index is 570. The number of hydrogen-bond donors (Lipinski definition) is 1. The van der Waals surface area contributed by atoms with E-state index in [9.17, 15) is 4.39 Å². The molecule has 0 aliphatic heterocycles. The first-order valence-electron chi connectivity index (χ1n) is 5.91. The lowest BCUT2D eigenvalue weighted by Crippen LogP contribution is -2.28. The Labute approximate surface area is 124 Å². The summed E-state index contributed by atoms with van der Waals surface area (Å²) in [5, 5.41) is 0. The van der Waals surface area contributed by atoms with Crippen LogP contribution in [0.1, 0.15) is 22.8 Å². The lowest BCUT2D eigenvalue weighted by molar-refractivity contribution is 0.176. The molecule has 102 valence electrons. The van der Waals surface area contributed by atoms with Crippen molar-refractivity contribution in [3.05, 3.63) is 50.4 Å². The lowest BCUT2D eigenvalue weighted by atomic mass is 10.1. The fourth-order valence-electron chi connectivity index (χ4n) is 1.74. The second-order valence-corrected chi connectivity index (χ2v) is 6.66. The van der Waals surface area contributed by atoms with Crippen LogP contribution in [-0.4, -0.2) is 6.04 Å². The Morgan fingerprint density at radius 1 is 1.32 bits per heavy atom. The maximum absolute atomic E-state index is 13.7. The van der Waals surface area contributed by atoms with Gasteiger partial charge in [-0.05, 0) is 44.2 Å². The van der Waals surface area contributed by atoms with Crippen molar-refractivity contribution in [3.8, 4) is 5.75 Å². The van der Waals surface area contributed by atoms with Gasteiger partial charge in [0.1, 0.15) is 6.10 Å². The van der Waals surface area contributed by atoms with E-state index in [1.54, 1.807) is 23.5 Å². The van der Waals surface area contributed by atoms with Crippen molar-refractivity contribution in [3.63, 3.8) is 0 Å². The van der Waals surface area contributed by atoms with Gasteiger partial charge in [-0.25, -0.2) is 4.39 Å². The largest absolute Gasteiger partial charge is 0.480 e. The maximum atomic E-state index is 13.7.